The Kier molecular flexibility index (Phi) is 1.77. The predicted octanol–water partition coefficient (Wildman–Crippen LogP) is 1.26. The molecule has 3 N–H and O–H groups in total. The first-order chi connectivity index (χ1) is 5.77. The molecule has 1 fully saturated rings. The summed E-state index contributed by atoms with van der Waals surface area (Å²) < 4.78 is 0. The summed E-state index contributed by atoms with van der Waals surface area (Å²) in [7, 11) is 0. The minimum absolute atomic E-state index is 0.688. The first-order valence-electron chi connectivity index (χ1n) is 4.34. The zero-order valence-corrected chi connectivity index (χ0v) is 7.30. The molecule has 1 aromatic rings. The summed E-state index contributed by atoms with van der Waals surface area (Å²) in [5.41, 5.74) is 9.28. The lowest BCUT2D eigenvalue weighted by atomic mass is 9.92. The van der Waals surface area contributed by atoms with E-state index in [1.165, 1.54) is 11.1 Å². The van der Waals surface area contributed by atoms with Crippen LogP contribution in [0.5, 0.6) is 0 Å². The van der Waals surface area contributed by atoms with Crippen LogP contribution in [-0.2, 0) is 0 Å². The Morgan fingerprint density at radius 2 is 2.17 bits per heavy atom. The van der Waals surface area contributed by atoms with Crippen LogP contribution in [0.25, 0.3) is 0 Å². The van der Waals surface area contributed by atoms with Gasteiger partial charge in [0.25, 0.3) is 0 Å². The molecular weight excluding hydrogens is 148 g/mol. The second-order valence-electron chi connectivity index (χ2n) is 3.47. The van der Waals surface area contributed by atoms with Gasteiger partial charge in [-0.05, 0) is 24.1 Å². The van der Waals surface area contributed by atoms with Gasteiger partial charge in [0.1, 0.15) is 0 Å². The molecule has 1 aromatic carbocycles. The SMILES string of the molecule is Cc1ccc(C2CNC2)cc1N. The van der Waals surface area contributed by atoms with E-state index in [4.69, 9.17) is 5.73 Å². The van der Waals surface area contributed by atoms with Crippen molar-refractivity contribution in [2.75, 3.05) is 18.8 Å². The quantitative estimate of drug-likeness (QED) is 0.610. The summed E-state index contributed by atoms with van der Waals surface area (Å²) in [4.78, 5) is 0. The standard InChI is InChI=1S/C10H14N2/c1-7-2-3-8(4-10(7)11)9-5-12-6-9/h2-4,9,12H,5-6,11H2,1H3. The molecule has 0 aliphatic carbocycles. The lowest BCUT2D eigenvalue weighted by molar-refractivity contribution is 0.448. The Hall–Kier alpha value is -1.02. The summed E-state index contributed by atoms with van der Waals surface area (Å²) in [6.07, 6.45) is 0. The highest BCUT2D eigenvalue weighted by atomic mass is 14.9. The molecule has 0 bridgehead atoms. The van der Waals surface area contributed by atoms with Crippen LogP contribution < -0.4 is 11.1 Å². The number of nitrogen functional groups attached to an aromatic ring is 1. The second kappa shape index (κ2) is 2.79. The minimum Gasteiger partial charge on any atom is -0.399 e. The molecule has 64 valence electrons. The Bertz CT molecular complexity index is 290. The molecule has 0 saturated carbocycles. The van der Waals surface area contributed by atoms with Gasteiger partial charge in [0, 0.05) is 24.7 Å². The average molecular weight is 162 g/mol. The van der Waals surface area contributed by atoms with Crippen molar-refractivity contribution in [2.45, 2.75) is 12.8 Å². The normalized spacial score (nSPS) is 17.4. The number of nitrogens with two attached hydrogens (primary N) is 1. The molecule has 0 amide bonds. The van der Waals surface area contributed by atoms with Crippen molar-refractivity contribution < 1.29 is 0 Å². The third-order valence-electron chi connectivity index (χ3n) is 2.56. The number of anilines is 1. The molecule has 2 nitrogen and oxygen atoms in total. The maximum absolute atomic E-state index is 5.82. The van der Waals surface area contributed by atoms with E-state index in [9.17, 15) is 0 Å². The summed E-state index contributed by atoms with van der Waals surface area (Å²) in [5.74, 6) is 0.688. The van der Waals surface area contributed by atoms with Gasteiger partial charge in [-0.1, -0.05) is 12.1 Å². The lowest BCUT2D eigenvalue weighted by Gasteiger charge is -2.27. The zero-order chi connectivity index (χ0) is 8.55. The van der Waals surface area contributed by atoms with E-state index in [1.54, 1.807) is 0 Å². The van der Waals surface area contributed by atoms with Crippen molar-refractivity contribution in [3.63, 3.8) is 0 Å². The molecule has 0 atom stereocenters. The third kappa shape index (κ3) is 1.18. The molecule has 1 aliphatic heterocycles. The van der Waals surface area contributed by atoms with Crippen LogP contribution in [0.1, 0.15) is 17.0 Å². The summed E-state index contributed by atoms with van der Waals surface area (Å²) in [6.45, 7) is 4.24. The third-order valence-corrected chi connectivity index (χ3v) is 2.56. The van der Waals surface area contributed by atoms with Crippen LogP contribution in [0, 0.1) is 6.92 Å². The van der Waals surface area contributed by atoms with Crippen molar-refractivity contribution in [2.24, 2.45) is 0 Å². The predicted molar refractivity (Wildman–Crippen MR) is 51.2 cm³/mol. The molecule has 2 rings (SSSR count). The summed E-state index contributed by atoms with van der Waals surface area (Å²) >= 11 is 0. The van der Waals surface area contributed by atoms with E-state index in [2.05, 4.69) is 23.5 Å². The number of aryl methyl sites for hydroxylation is 1. The Labute approximate surface area is 72.8 Å². The zero-order valence-electron chi connectivity index (χ0n) is 7.30. The topological polar surface area (TPSA) is 38.0 Å². The molecule has 0 radical (unpaired) electrons. The minimum atomic E-state index is 0.688. The van der Waals surface area contributed by atoms with Crippen LogP contribution in [0.4, 0.5) is 5.69 Å². The smallest absolute Gasteiger partial charge is 0.0346 e. The van der Waals surface area contributed by atoms with Crippen molar-refractivity contribution in [1.82, 2.24) is 5.32 Å². The van der Waals surface area contributed by atoms with Gasteiger partial charge in [-0.3, -0.25) is 0 Å². The van der Waals surface area contributed by atoms with Crippen molar-refractivity contribution in [3.05, 3.63) is 29.3 Å². The van der Waals surface area contributed by atoms with Gasteiger partial charge in [0.2, 0.25) is 0 Å². The first-order valence-corrected chi connectivity index (χ1v) is 4.34. The number of hydrogen-bond acceptors (Lipinski definition) is 2. The molecule has 1 heterocycles. The van der Waals surface area contributed by atoms with Gasteiger partial charge in [-0.2, -0.15) is 0 Å². The maximum Gasteiger partial charge on any atom is 0.0346 e. The summed E-state index contributed by atoms with van der Waals surface area (Å²) in [5, 5.41) is 3.25. The van der Waals surface area contributed by atoms with Gasteiger partial charge >= 0.3 is 0 Å². The van der Waals surface area contributed by atoms with Crippen LogP contribution in [-0.4, -0.2) is 13.1 Å². The van der Waals surface area contributed by atoms with E-state index in [-0.39, 0.29) is 0 Å². The van der Waals surface area contributed by atoms with Crippen molar-refractivity contribution >= 4 is 5.69 Å². The van der Waals surface area contributed by atoms with E-state index < -0.39 is 0 Å². The summed E-state index contributed by atoms with van der Waals surface area (Å²) in [6, 6.07) is 6.38. The fraction of sp³-hybridized carbons (Fsp3) is 0.400. The highest BCUT2D eigenvalue weighted by Gasteiger charge is 2.18. The number of benzene rings is 1. The van der Waals surface area contributed by atoms with E-state index in [0.717, 1.165) is 18.8 Å². The van der Waals surface area contributed by atoms with Crippen LogP contribution in [0.15, 0.2) is 18.2 Å². The number of hydrogen-bond donors (Lipinski definition) is 2. The van der Waals surface area contributed by atoms with Gasteiger partial charge < -0.3 is 11.1 Å². The van der Waals surface area contributed by atoms with Crippen LogP contribution in [0.2, 0.25) is 0 Å². The first kappa shape index (κ1) is 7.62. The molecule has 0 aromatic heterocycles. The molecule has 0 unspecified atom stereocenters. The van der Waals surface area contributed by atoms with Crippen molar-refractivity contribution in [1.29, 1.82) is 0 Å². The molecular formula is C10H14N2. The van der Waals surface area contributed by atoms with E-state index in [1.807, 2.05) is 6.92 Å². The molecule has 0 spiro atoms. The molecule has 12 heavy (non-hydrogen) atoms. The molecule has 2 heteroatoms. The Morgan fingerprint density at radius 1 is 1.42 bits per heavy atom. The van der Waals surface area contributed by atoms with Gasteiger partial charge in [-0.25, -0.2) is 0 Å². The van der Waals surface area contributed by atoms with Gasteiger partial charge in [-0.15, -0.1) is 0 Å². The fourth-order valence-corrected chi connectivity index (χ4v) is 1.44. The highest BCUT2D eigenvalue weighted by molar-refractivity contribution is 5.49. The van der Waals surface area contributed by atoms with E-state index >= 15 is 0 Å². The number of nitrogens with one attached hydrogen (secondary N) is 1. The van der Waals surface area contributed by atoms with E-state index in [0.29, 0.717) is 5.92 Å². The average Bonchev–Trinajstić information content (AvgIpc) is 1.93. The fourth-order valence-electron chi connectivity index (χ4n) is 1.44. The molecule has 1 saturated heterocycles. The molecule has 1 aliphatic rings. The van der Waals surface area contributed by atoms with Gasteiger partial charge in [0.05, 0.1) is 0 Å². The largest absolute Gasteiger partial charge is 0.399 e. The maximum atomic E-state index is 5.82. The van der Waals surface area contributed by atoms with Gasteiger partial charge in [0.15, 0.2) is 0 Å². The monoisotopic (exact) mass is 162 g/mol. The van der Waals surface area contributed by atoms with Crippen LogP contribution in [0.3, 0.4) is 0 Å². The van der Waals surface area contributed by atoms with Crippen LogP contribution >= 0.6 is 0 Å². The highest BCUT2D eigenvalue weighted by Crippen LogP contribution is 2.23. The lowest BCUT2D eigenvalue weighted by Crippen LogP contribution is -2.39. The van der Waals surface area contributed by atoms with Crippen molar-refractivity contribution in [3.8, 4) is 0 Å². The second-order valence-corrected chi connectivity index (χ2v) is 3.47. The number of rotatable bonds is 1. The Balaban J connectivity index is 2.27. The Morgan fingerprint density at radius 3 is 2.67 bits per heavy atom.